The quantitative estimate of drug-likeness (QED) is 0.850. The molecule has 0 saturated carbocycles. The minimum atomic E-state index is 0.709. The van der Waals surface area contributed by atoms with Crippen molar-refractivity contribution in [3.8, 4) is 5.75 Å². The van der Waals surface area contributed by atoms with Gasteiger partial charge in [0.25, 0.3) is 0 Å². The lowest BCUT2D eigenvalue weighted by Gasteiger charge is -2.09. The van der Waals surface area contributed by atoms with Crippen molar-refractivity contribution in [1.82, 2.24) is 9.55 Å². The summed E-state index contributed by atoms with van der Waals surface area (Å²) in [4.78, 5) is 4.27. The summed E-state index contributed by atoms with van der Waals surface area (Å²) in [5, 5.41) is 3.34. The molecule has 0 fully saturated rings. The number of aryl methyl sites for hydroxylation is 1. The first kappa shape index (κ1) is 12.5. The van der Waals surface area contributed by atoms with Gasteiger partial charge in [0.15, 0.2) is 0 Å². The molecule has 1 aromatic carbocycles. The van der Waals surface area contributed by atoms with Gasteiger partial charge in [-0.2, -0.15) is 0 Å². The Kier molecular flexibility index (Phi) is 4.23. The number of imidazole rings is 1. The highest BCUT2D eigenvalue weighted by Crippen LogP contribution is 2.18. The zero-order valence-electron chi connectivity index (χ0n) is 10.9. The largest absolute Gasteiger partial charge is 0.494 e. The summed E-state index contributed by atoms with van der Waals surface area (Å²) in [6.45, 7) is 3.56. The minimum absolute atomic E-state index is 0.709. The second-order valence-corrected chi connectivity index (χ2v) is 4.18. The maximum absolute atomic E-state index is 5.60. The highest BCUT2D eigenvalue weighted by Gasteiger charge is 2.00. The van der Waals surface area contributed by atoms with Crippen LogP contribution in [0.2, 0.25) is 0 Å². The van der Waals surface area contributed by atoms with Gasteiger partial charge in [-0.1, -0.05) is 13.0 Å². The molecule has 0 amide bonds. The molecule has 0 aliphatic carbocycles. The summed E-state index contributed by atoms with van der Waals surface area (Å²) in [5.74, 6) is 1.91. The van der Waals surface area contributed by atoms with E-state index in [4.69, 9.17) is 4.74 Å². The average Bonchev–Trinajstić information content (AvgIpc) is 2.80. The van der Waals surface area contributed by atoms with Gasteiger partial charge in [-0.15, -0.1) is 0 Å². The first-order valence-corrected chi connectivity index (χ1v) is 6.22. The Bertz CT molecular complexity index is 493. The smallest absolute Gasteiger partial charge is 0.127 e. The Morgan fingerprint density at radius 3 is 3.00 bits per heavy atom. The van der Waals surface area contributed by atoms with Crippen LogP contribution in [0.25, 0.3) is 0 Å². The molecular formula is C14H19N3O. The molecule has 1 N–H and O–H groups in total. The maximum atomic E-state index is 5.60. The average molecular weight is 245 g/mol. The molecule has 0 aliphatic rings. The normalized spacial score (nSPS) is 10.3. The van der Waals surface area contributed by atoms with E-state index in [9.17, 15) is 0 Å². The van der Waals surface area contributed by atoms with Crippen molar-refractivity contribution in [3.05, 3.63) is 42.5 Å². The number of ether oxygens (including phenoxy) is 1. The van der Waals surface area contributed by atoms with Crippen molar-refractivity contribution in [2.45, 2.75) is 19.9 Å². The van der Waals surface area contributed by atoms with Crippen LogP contribution in [-0.4, -0.2) is 16.2 Å². The molecule has 0 bridgehead atoms. The van der Waals surface area contributed by atoms with Gasteiger partial charge in [0.05, 0.1) is 13.2 Å². The maximum Gasteiger partial charge on any atom is 0.127 e. The third-order valence-corrected chi connectivity index (χ3v) is 2.68. The third kappa shape index (κ3) is 3.26. The number of hydrogen-bond acceptors (Lipinski definition) is 3. The number of nitrogens with one attached hydrogen (secondary N) is 1. The predicted molar refractivity (Wildman–Crippen MR) is 72.8 cm³/mol. The molecule has 2 rings (SSSR count). The zero-order chi connectivity index (χ0) is 12.8. The van der Waals surface area contributed by atoms with Crippen LogP contribution in [-0.2, 0) is 13.6 Å². The van der Waals surface area contributed by atoms with Crippen LogP contribution in [0.15, 0.2) is 36.7 Å². The monoisotopic (exact) mass is 245 g/mol. The van der Waals surface area contributed by atoms with E-state index in [1.165, 1.54) is 0 Å². The van der Waals surface area contributed by atoms with Gasteiger partial charge in [0.1, 0.15) is 11.6 Å². The predicted octanol–water partition coefficient (Wildman–Crippen LogP) is 2.82. The molecule has 0 saturated heterocycles. The molecular weight excluding hydrogens is 226 g/mol. The van der Waals surface area contributed by atoms with E-state index in [0.717, 1.165) is 30.3 Å². The van der Waals surface area contributed by atoms with E-state index >= 15 is 0 Å². The topological polar surface area (TPSA) is 39.1 Å². The van der Waals surface area contributed by atoms with Crippen LogP contribution in [0.5, 0.6) is 5.75 Å². The van der Waals surface area contributed by atoms with Gasteiger partial charge in [0, 0.05) is 31.2 Å². The first-order chi connectivity index (χ1) is 8.79. The van der Waals surface area contributed by atoms with E-state index in [1.54, 1.807) is 6.20 Å². The second kappa shape index (κ2) is 6.10. The van der Waals surface area contributed by atoms with Crippen LogP contribution < -0.4 is 10.1 Å². The lowest BCUT2D eigenvalue weighted by atomic mass is 10.3. The van der Waals surface area contributed by atoms with E-state index in [0.29, 0.717) is 6.54 Å². The van der Waals surface area contributed by atoms with Crippen LogP contribution in [0, 0.1) is 0 Å². The number of hydrogen-bond donors (Lipinski definition) is 1. The Balaban J connectivity index is 1.95. The summed E-state index contributed by atoms with van der Waals surface area (Å²) in [6, 6.07) is 8.01. The molecule has 4 nitrogen and oxygen atoms in total. The summed E-state index contributed by atoms with van der Waals surface area (Å²) in [5.41, 5.74) is 1.05. The molecule has 96 valence electrons. The highest BCUT2D eigenvalue weighted by molar-refractivity contribution is 5.48. The van der Waals surface area contributed by atoms with Gasteiger partial charge < -0.3 is 14.6 Å². The lowest BCUT2D eigenvalue weighted by molar-refractivity contribution is 0.317. The number of anilines is 1. The van der Waals surface area contributed by atoms with Gasteiger partial charge in [-0.25, -0.2) is 4.98 Å². The molecule has 0 radical (unpaired) electrons. The Morgan fingerprint density at radius 1 is 1.39 bits per heavy atom. The molecule has 0 unspecified atom stereocenters. The molecule has 1 aromatic heterocycles. The standard InChI is InChI=1S/C14H19N3O/c1-3-9-18-13-6-4-5-12(10-13)16-11-14-15-7-8-17(14)2/h4-8,10,16H,3,9,11H2,1-2H3. The van der Waals surface area contributed by atoms with Gasteiger partial charge >= 0.3 is 0 Å². The lowest BCUT2D eigenvalue weighted by Crippen LogP contribution is -2.05. The fourth-order valence-electron chi connectivity index (χ4n) is 1.66. The van der Waals surface area contributed by atoms with Crippen molar-refractivity contribution < 1.29 is 4.74 Å². The number of benzene rings is 1. The van der Waals surface area contributed by atoms with Crippen molar-refractivity contribution in [3.63, 3.8) is 0 Å². The number of aromatic nitrogens is 2. The molecule has 4 heteroatoms. The number of rotatable bonds is 6. The summed E-state index contributed by atoms with van der Waals surface area (Å²) < 4.78 is 7.60. The highest BCUT2D eigenvalue weighted by atomic mass is 16.5. The van der Waals surface area contributed by atoms with Gasteiger partial charge in [0.2, 0.25) is 0 Å². The summed E-state index contributed by atoms with van der Waals surface area (Å²) in [7, 11) is 1.99. The van der Waals surface area contributed by atoms with Gasteiger partial charge in [-0.3, -0.25) is 0 Å². The van der Waals surface area contributed by atoms with E-state index in [2.05, 4.69) is 17.2 Å². The van der Waals surface area contributed by atoms with Crippen LogP contribution in [0.3, 0.4) is 0 Å². The number of nitrogens with zero attached hydrogens (tertiary/aromatic N) is 2. The fourth-order valence-corrected chi connectivity index (χ4v) is 1.66. The molecule has 18 heavy (non-hydrogen) atoms. The Labute approximate surface area is 108 Å². The zero-order valence-corrected chi connectivity index (χ0v) is 10.9. The fraction of sp³-hybridized carbons (Fsp3) is 0.357. The van der Waals surface area contributed by atoms with Crippen molar-refractivity contribution >= 4 is 5.69 Å². The van der Waals surface area contributed by atoms with E-state index in [-0.39, 0.29) is 0 Å². The Morgan fingerprint density at radius 2 is 2.28 bits per heavy atom. The molecule has 0 atom stereocenters. The van der Waals surface area contributed by atoms with Crippen LogP contribution in [0.4, 0.5) is 5.69 Å². The minimum Gasteiger partial charge on any atom is -0.494 e. The SMILES string of the molecule is CCCOc1cccc(NCc2nccn2C)c1. The first-order valence-electron chi connectivity index (χ1n) is 6.22. The van der Waals surface area contributed by atoms with Crippen molar-refractivity contribution in [2.75, 3.05) is 11.9 Å². The molecule has 1 heterocycles. The molecule has 2 aromatic rings. The second-order valence-electron chi connectivity index (χ2n) is 4.18. The van der Waals surface area contributed by atoms with Crippen LogP contribution >= 0.6 is 0 Å². The van der Waals surface area contributed by atoms with Gasteiger partial charge in [-0.05, 0) is 18.6 Å². The van der Waals surface area contributed by atoms with E-state index in [1.807, 2.05) is 42.1 Å². The summed E-state index contributed by atoms with van der Waals surface area (Å²) >= 11 is 0. The summed E-state index contributed by atoms with van der Waals surface area (Å²) in [6.07, 6.45) is 4.76. The van der Waals surface area contributed by atoms with Crippen molar-refractivity contribution in [1.29, 1.82) is 0 Å². The molecule has 0 aliphatic heterocycles. The third-order valence-electron chi connectivity index (χ3n) is 2.68. The van der Waals surface area contributed by atoms with Crippen LogP contribution in [0.1, 0.15) is 19.2 Å². The van der Waals surface area contributed by atoms with E-state index < -0.39 is 0 Å². The van der Waals surface area contributed by atoms with Crippen molar-refractivity contribution in [2.24, 2.45) is 7.05 Å². The molecule has 0 spiro atoms. The Hall–Kier alpha value is -1.97.